The van der Waals surface area contributed by atoms with E-state index in [0.29, 0.717) is 18.2 Å². The van der Waals surface area contributed by atoms with E-state index in [-0.39, 0.29) is 11.9 Å². The van der Waals surface area contributed by atoms with Crippen molar-refractivity contribution >= 4 is 5.91 Å². The maximum atomic E-state index is 11.6. The van der Waals surface area contributed by atoms with Gasteiger partial charge in [0.1, 0.15) is 5.69 Å². The fourth-order valence-electron chi connectivity index (χ4n) is 1.52. The predicted octanol–water partition coefficient (Wildman–Crippen LogP) is -0.113. The third-order valence-corrected chi connectivity index (χ3v) is 2.66. The molecule has 1 aromatic rings. The molecule has 0 radical (unpaired) electrons. The summed E-state index contributed by atoms with van der Waals surface area (Å²) in [4.78, 5) is 15.5. The van der Waals surface area contributed by atoms with E-state index >= 15 is 0 Å². The molecule has 2 rings (SSSR count). The minimum Gasteiger partial charge on any atom is -0.349 e. The summed E-state index contributed by atoms with van der Waals surface area (Å²) in [7, 11) is 1.83. The van der Waals surface area contributed by atoms with Crippen molar-refractivity contribution in [2.45, 2.75) is 18.9 Å². The van der Waals surface area contributed by atoms with Gasteiger partial charge >= 0.3 is 0 Å². The molecule has 1 fully saturated rings. The van der Waals surface area contributed by atoms with Crippen molar-refractivity contribution in [1.29, 1.82) is 0 Å². The quantitative estimate of drug-likeness (QED) is 0.725. The summed E-state index contributed by atoms with van der Waals surface area (Å²) in [6.07, 6.45) is 5.69. The van der Waals surface area contributed by atoms with E-state index in [1.165, 1.54) is 12.8 Å². The molecule has 1 aliphatic carbocycles. The largest absolute Gasteiger partial charge is 0.349 e. The van der Waals surface area contributed by atoms with Gasteiger partial charge in [0.2, 0.25) is 0 Å². The number of aryl methyl sites for hydroxylation is 1. The minimum absolute atomic E-state index is 0.0951. The van der Waals surface area contributed by atoms with Crippen LogP contribution in [0.2, 0.25) is 0 Å². The zero-order valence-electron chi connectivity index (χ0n) is 8.81. The summed E-state index contributed by atoms with van der Waals surface area (Å²) in [5, 5.41) is 2.79. The number of nitrogens with two attached hydrogens (primary N) is 1. The van der Waals surface area contributed by atoms with Gasteiger partial charge in [-0.1, -0.05) is 0 Å². The standard InChI is InChI=1S/C10H16N4O/c1-14-5-9(13-6-14)10(15)12-4-8(11)7-2-3-7/h5-8H,2-4,11H2,1H3,(H,12,15). The number of imidazole rings is 1. The molecule has 1 saturated carbocycles. The van der Waals surface area contributed by atoms with Crippen molar-refractivity contribution in [3.63, 3.8) is 0 Å². The highest BCUT2D eigenvalue weighted by molar-refractivity contribution is 5.92. The summed E-state index contributed by atoms with van der Waals surface area (Å²) in [5.74, 6) is 0.459. The molecular weight excluding hydrogens is 192 g/mol. The van der Waals surface area contributed by atoms with Crippen LogP contribution in [-0.4, -0.2) is 28.0 Å². The second-order valence-electron chi connectivity index (χ2n) is 4.14. The average Bonchev–Trinajstić information content (AvgIpc) is 2.97. The monoisotopic (exact) mass is 208 g/mol. The summed E-state index contributed by atoms with van der Waals surface area (Å²) < 4.78 is 1.75. The van der Waals surface area contributed by atoms with Crippen LogP contribution in [0.5, 0.6) is 0 Å². The first-order chi connectivity index (χ1) is 7.16. The Morgan fingerprint density at radius 1 is 1.80 bits per heavy atom. The SMILES string of the molecule is Cn1cnc(C(=O)NCC(N)C2CC2)c1. The average molecular weight is 208 g/mol. The lowest BCUT2D eigenvalue weighted by atomic mass is 10.2. The molecule has 3 N–H and O–H groups in total. The minimum atomic E-state index is -0.147. The van der Waals surface area contributed by atoms with E-state index in [4.69, 9.17) is 5.73 Å². The number of carbonyl (C=O) groups is 1. The van der Waals surface area contributed by atoms with Crippen LogP contribution in [0.25, 0.3) is 0 Å². The van der Waals surface area contributed by atoms with E-state index in [2.05, 4.69) is 10.3 Å². The van der Waals surface area contributed by atoms with Gasteiger partial charge in [0, 0.05) is 25.8 Å². The molecule has 1 atom stereocenters. The molecule has 0 saturated heterocycles. The fraction of sp³-hybridized carbons (Fsp3) is 0.600. The molecule has 1 unspecified atom stereocenters. The van der Waals surface area contributed by atoms with E-state index < -0.39 is 0 Å². The third kappa shape index (κ3) is 2.56. The molecule has 1 heterocycles. The second-order valence-corrected chi connectivity index (χ2v) is 4.14. The van der Waals surface area contributed by atoms with E-state index in [9.17, 15) is 4.79 Å². The molecule has 1 aromatic heterocycles. The molecular formula is C10H16N4O. The Balaban J connectivity index is 1.81. The van der Waals surface area contributed by atoms with Gasteiger partial charge in [-0.3, -0.25) is 4.79 Å². The summed E-state index contributed by atoms with van der Waals surface area (Å²) in [6, 6.07) is 0.0951. The van der Waals surface area contributed by atoms with E-state index in [1.54, 1.807) is 17.1 Å². The first kappa shape index (κ1) is 10.2. The van der Waals surface area contributed by atoms with Gasteiger partial charge in [-0.05, 0) is 18.8 Å². The smallest absolute Gasteiger partial charge is 0.271 e. The van der Waals surface area contributed by atoms with Crippen LogP contribution in [0.15, 0.2) is 12.5 Å². The van der Waals surface area contributed by atoms with Gasteiger partial charge in [-0.15, -0.1) is 0 Å². The molecule has 15 heavy (non-hydrogen) atoms. The van der Waals surface area contributed by atoms with Crippen LogP contribution >= 0.6 is 0 Å². The zero-order chi connectivity index (χ0) is 10.8. The fourth-order valence-corrected chi connectivity index (χ4v) is 1.52. The van der Waals surface area contributed by atoms with Gasteiger partial charge in [0.25, 0.3) is 5.91 Å². The van der Waals surface area contributed by atoms with Crippen molar-refractivity contribution in [3.05, 3.63) is 18.2 Å². The Labute approximate surface area is 88.7 Å². The van der Waals surface area contributed by atoms with Crippen molar-refractivity contribution in [3.8, 4) is 0 Å². The summed E-state index contributed by atoms with van der Waals surface area (Å²) in [5.41, 5.74) is 6.32. The highest BCUT2D eigenvalue weighted by Crippen LogP contribution is 2.31. The molecule has 0 spiro atoms. The van der Waals surface area contributed by atoms with Crippen LogP contribution in [0.3, 0.4) is 0 Å². The Morgan fingerprint density at radius 3 is 3.07 bits per heavy atom. The van der Waals surface area contributed by atoms with Crippen LogP contribution in [0.4, 0.5) is 0 Å². The topological polar surface area (TPSA) is 72.9 Å². The maximum Gasteiger partial charge on any atom is 0.271 e. The number of hydrogen-bond acceptors (Lipinski definition) is 3. The van der Waals surface area contributed by atoms with Crippen molar-refractivity contribution in [2.24, 2.45) is 18.7 Å². The van der Waals surface area contributed by atoms with Crippen LogP contribution in [0.1, 0.15) is 23.3 Å². The van der Waals surface area contributed by atoms with E-state index in [0.717, 1.165) is 0 Å². The van der Waals surface area contributed by atoms with Gasteiger partial charge in [0.05, 0.1) is 6.33 Å². The van der Waals surface area contributed by atoms with Gasteiger partial charge in [-0.2, -0.15) is 0 Å². The van der Waals surface area contributed by atoms with Crippen molar-refractivity contribution < 1.29 is 4.79 Å². The van der Waals surface area contributed by atoms with Crippen LogP contribution in [-0.2, 0) is 7.05 Å². The Kier molecular flexibility index (Phi) is 2.73. The highest BCUT2D eigenvalue weighted by atomic mass is 16.1. The van der Waals surface area contributed by atoms with E-state index in [1.807, 2.05) is 7.05 Å². The molecule has 5 nitrogen and oxygen atoms in total. The van der Waals surface area contributed by atoms with Crippen LogP contribution in [0, 0.1) is 5.92 Å². The van der Waals surface area contributed by atoms with Gasteiger partial charge < -0.3 is 15.6 Å². The van der Waals surface area contributed by atoms with Gasteiger partial charge in [-0.25, -0.2) is 4.98 Å². The third-order valence-electron chi connectivity index (χ3n) is 2.66. The van der Waals surface area contributed by atoms with Crippen LogP contribution < -0.4 is 11.1 Å². The number of aromatic nitrogens is 2. The number of rotatable bonds is 4. The molecule has 0 aliphatic heterocycles. The number of nitrogens with one attached hydrogen (secondary N) is 1. The maximum absolute atomic E-state index is 11.6. The number of amides is 1. The lowest BCUT2D eigenvalue weighted by Crippen LogP contribution is -2.38. The summed E-state index contributed by atoms with van der Waals surface area (Å²) in [6.45, 7) is 0.542. The summed E-state index contributed by atoms with van der Waals surface area (Å²) >= 11 is 0. The van der Waals surface area contributed by atoms with Gasteiger partial charge in [0.15, 0.2) is 0 Å². The molecule has 1 aliphatic rings. The number of carbonyl (C=O) groups excluding carboxylic acids is 1. The normalized spacial score (nSPS) is 17.5. The molecule has 82 valence electrons. The van der Waals surface area contributed by atoms with Crippen molar-refractivity contribution in [1.82, 2.24) is 14.9 Å². The Morgan fingerprint density at radius 2 is 2.53 bits per heavy atom. The molecule has 0 aromatic carbocycles. The Hall–Kier alpha value is -1.36. The molecule has 1 amide bonds. The second kappa shape index (κ2) is 4.02. The predicted molar refractivity (Wildman–Crippen MR) is 56.2 cm³/mol. The molecule has 5 heteroatoms. The lowest BCUT2D eigenvalue weighted by molar-refractivity contribution is 0.0945. The number of hydrogen-bond donors (Lipinski definition) is 2. The Bertz CT molecular complexity index is 356. The van der Waals surface area contributed by atoms with Crippen molar-refractivity contribution in [2.75, 3.05) is 6.54 Å². The number of nitrogens with zero attached hydrogens (tertiary/aromatic N) is 2. The highest BCUT2D eigenvalue weighted by Gasteiger charge is 2.28. The zero-order valence-corrected chi connectivity index (χ0v) is 8.81. The first-order valence-corrected chi connectivity index (χ1v) is 5.18. The molecule has 0 bridgehead atoms. The first-order valence-electron chi connectivity index (χ1n) is 5.18. The lowest BCUT2D eigenvalue weighted by Gasteiger charge is -2.10.